The monoisotopic (exact) mass is 139 g/mol. The molecule has 2 heteroatoms. The van der Waals surface area contributed by atoms with Gasteiger partial charge in [-0.25, -0.2) is 0 Å². The van der Waals surface area contributed by atoms with Gasteiger partial charge in [0, 0.05) is 20.0 Å². The van der Waals surface area contributed by atoms with Crippen LogP contribution in [0.4, 0.5) is 0 Å². The molecule has 1 rings (SSSR count). The molecule has 0 amide bonds. The van der Waals surface area contributed by atoms with Crippen molar-refractivity contribution >= 4 is 0 Å². The number of rotatable bonds is 2. The largest absolute Gasteiger partial charge is 0.471 e. The van der Waals surface area contributed by atoms with Gasteiger partial charge >= 0.3 is 0 Å². The van der Waals surface area contributed by atoms with Gasteiger partial charge in [-0.1, -0.05) is 0 Å². The van der Waals surface area contributed by atoms with E-state index in [0.29, 0.717) is 0 Å². The molecule has 10 heavy (non-hydrogen) atoms. The Bertz CT molecular complexity index is 161. The average molecular weight is 139 g/mol. The zero-order chi connectivity index (χ0) is 7.40. The maximum atomic E-state index is 5.02. The van der Waals surface area contributed by atoms with Crippen LogP contribution in [-0.4, -0.2) is 18.5 Å². The van der Waals surface area contributed by atoms with Crippen molar-refractivity contribution in [3.8, 4) is 0 Å². The number of hydrogen-bond acceptors (Lipinski definition) is 2. The third-order valence-corrected chi connectivity index (χ3v) is 1.67. The van der Waals surface area contributed by atoms with E-state index in [9.17, 15) is 0 Å². The van der Waals surface area contributed by atoms with Crippen molar-refractivity contribution in [2.24, 2.45) is 0 Å². The third-order valence-electron chi connectivity index (χ3n) is 1.67. The topological polar surface area (TPSA) is 12.5 Å². The fourth-order valence-corrected chi connectivity index (χ4v) is 0.839. The van der Waals surface area contributed by atoms with E-state index in [1.165, 1.54) is 5.70 Å². The summed E-state index contributed by atoms with van der Waals surface area (Å²) in [6.07, 6.45) is 6.52. The van der Waals surface area contributed by atoms with Gasteiger partial charge in [0.15, 0.2) is 0 Å². The molecule has 0 aromatic carbocycles. The van der Waals surface area contributed by atoms with Crippen LogP contribution in [0.25, 0.3) is 0 Å². The zero-order valence-corrected chi connectivity index (χ0v) is 6.50. The molecule has 1 aliphatic heterocycles. The van der Waals surface area contributed by atoms with Crippen molar-refractivity contribution in [2.45, 2.75) is 13.3 Å². The number of allylic oxidation sites excluding steroid dienone is 1. The number of ether oxygens (including phenoxy) is 1. The summed E-state index contributed by atoms with van der Waals surface area (Å²) in [5, 5.41) is 0. The Morgan fingerprint density at radius 2 is 2.50 bits per heavy atom. The van der Waals surface area contributed by atoms with Gasteiger partial charge in [-0.15, -0.1) is 0 Å². The van der Waals surface area contributed by atoms with Crippen molar-refractivity contribution in [2.75, 3.05) is 13.6 Å². The molecule has 0 atom stereocenters. The lowest BCUT2D eigenvalue weighted by molar-refractivity contribution is 0.340. The van der Waals surface area contributed by atoms with E-state index in [4.69, 9.17) is 4.74 Å². The van der Waals surface area contributed by atoms with Crippen LogP contribution in [-0.2, 0) is 4.74 Å². The lowest BCUT2D eigenvalue weighted by Crippen LogP contribution is -2.17. The Labute approximate surface area is 61.8 Å². The molecule has 0 aromatic rings. The van der Waals surface area contributed by atoms with Crippen molar-refractivity contribution in [3.63, 3.8) is 0 Å². The molecule has 1 aliphatic rings. The Morgan fingerprint density at radius 1 is 1.70 bits per heavy atom. The third kappa shape index (κ3) is 1.53. The van der Waals surface area contributed by atoms with Crippen LogP contribution >= 0.6 is 0 Å². The highest BCUT2D eigenvalue weighted by Gasteiger charge is 2.02. The van der Waals surface area contributed by atoms with Gasteiger partial charge < -0.3 is 9.64 Å². The summed E-state index contributed by atoms with van der Waals surface area (Å²) >= 11 is 0. The van der Waals surface area contributed by atoms with Gasteiger partial charge in [0.2, 0.25) is 0 Å². The lowest BCUT2D eigenvalue weighted by Gasteiger charge is -2.20. The van der Waals surface area contributed by atoms with Gasteiger partial charge in [-0.05, 0) is 13.0 Å². The van der Waals surface area contributed by atoms with Gasteiger partial charge in [0.25, 0.3) is 0 Å². The Hall–Kier alpha value is -0.920. The Balaban J connectivity index is 2.47. The molecular weight excluding hydrogens is 126 g/mol. The minimum absolute atomic E-state index is 0.990. The second kappa shape index (κ2) is 3.30. The lowest BCUT2D eigenvalue weighted by atomic mass is 10.3. The van der Waals surface area contributed by atoms with Crippen molar-refractivity contribution < 1.29 is 4.74 Å². The first-order chi connectivity index (χ1) is 4.84. The van der Waals surface area contributed by atoms with E-state index in [2.05, 4.69) is 18.9 Å². The van der Waals surface area contributed by atoms with Crippen LogP contribution < -0.4 is 0 Å². The van der Waals surface area contributed by atoms with Crippen LogP contribution in [0.2, 0.25) is 0 Å². The molecule has 0 saturated carbocycles. The highest BCUT2D eigenvalue weighted by Crippen LogP contribution is 2.11. The van der Waals surface area contributed by atoms with Crippen LogP contribution in [0.3, 0.4) is 0 Å². The van der Waals surface area contributed by atoms with E-state index in [1.54, 1.807) is 12.5 Å². The summed E-state index contributed by atoms with van der Waals surface area (Å²) < 4.78 is 5.02. The Morgan fingerprint density at radius 3 is 3.00 bits per heavy atom. The first kappa shape index (κ1) is 7.19. The summed E-state index contributed by atoms with van der Waals surface area (Å²) in [5.41, 5.74) is 1.24. The molecule has 0 N–H and O–H groups in total. The second-order valence-electron chi connectivity index (χ2n) is 2.34. The van der Waals surface area contributed by atoms with Crippen LogP contribution in [0, 0.1) is 0 Å². The fraction of sp³-hybridized carbons (Fsp3) is 0.500. The maximum Gasteiger partial charge on any atom is 0.110 e. The minimum Gasteiger partial charge on any atom is -0.471 e. The molecule has 0 aromatic heterocycles. The van der Waals surface area contributed by atoms with Crippen molar-refractivity contribution in [3.05, 3.63) is 24.3 Å². The molecule has 0 spiro atoms. The fourth-order valence-electron chi connectivity index (χ4n) is 0.839. The molecule has 0 aliphatic carbocycles. The summed E-state index contributed by atoms with van der Waals surface area (Å²) in [4.78, 5) is 2.17. The van der Waals surface area contributed by atoms with Crippen molar-refractivity contribution in [1.82, 2.24) is 4.90 Å². The van der Waals surface area contributed by atoms with Crippen molar-refractivity contribution in [1.29, 1.82) is 0 Å². The van der Waals surface area contributed by atoms with Crippen LogP contribution in [0.15, 0.2) is 24.3 Å². The summed E-state index contributed by atoms with van der Waals surface area (Å²) in [7, 11) is 2.06. The minimum atomic E-state index is 0.990. The summed E-state index contributed by atoms with van der Waals surface area (Å²) in [6, 6.07) is 0. The van der Waals surface area contributed by atoms with E-state index in [-0.39, 0.29) is 0 Å². The van der Waals surface area contributed by atoms with Crippen LogP contribution in [0.5, 0.6) is 0 Å². The van der Waals surface area contributed by atoms with Crippen LogP contribution in [0.1, 0.15) is 13.3 Å². The molecule has 0 fully saturated rings. The van der Waals surface area contributed by atoms with Gasteiger partial charge in [-0.3, -0.25) is 0 Å². The van der Waals surface area contributed by atoms with E-state index in [0.717, 1.165) is 13.0 Å². The summed E-state index contributed by atoms with van der Waals surface area (Å²) in [5.74, 6) is 0. The molecule has 2 nitrogen and oxygen atoms in total. The standard InChI is InChI=1S/C8H13NO/c1-3-9(2)8-5-4-6-10-7-8/h4,6-7H,3,5H2,1-2H3. The molecule has 0 unspecified atom stereocenters. The van der Waals surface area contributed by atoms with Gasteiger partial charge in [0.05, 0.1) is 12.0 Å². The second-order valence-corrected chi connectivity index (χ2v) is 2.34. The SMILES string of the molecule is CCN(C)C1=COC=CC1. The average Bonchev–Trinajstić information content (AvgIpc) is 2.05. The number of hydrogen-bond donors (Lipinski definition) is 0. The molecule has 1 heterocycles. The highest BCUT2D eigenvalue weighted by atomic mass is 16.5. The molecule has 56 valence electrons. The first-order valence-corrected chi connectivity index (χ1v) is 3.55. The smallest absolute Gasteiger partial charge is 0.110 e. The van der Waals surface area contributed by atoms with E-state index >= 15 is 0 Å². The molecular formula is C8H13NO. The predicted molar refractivity (Wildman–Crippen MR) is 41.2 cm³/mol. The first-order valence-electron chi connectivity index (χ1n) is 3.55. The molecule has 0 radical (unpaired) electrons. The zero-order valence-electron chi connectivity index (χ0n) is 6.50. The highest BCUT2D eigenvalue weighted by molar-refractivity contribution is 5.06. The van der Waals surface area contributed by atoms with Gasteiger partial charge in [-0.2, -0.15) is 0 Å². The normalized spacial score (nSPS) is 16.0. The summed E-state index contributed by atoms with van der Waals surface area (Å²) in [6.45, 7) is 3.15. The number of nitrogens with zero attached hydrogens (tertiary/aromatic N) is 1. The maximum absolute atomic E-state index is 5.02. The molecule has 0 bridgehead atoms. The Kier molecular flexibility index (Phi) is 2.37. The quantitative estimate of drug-likeness (QED) is 0.577. The predicted octanol–water partition coefficient (Wildman–Crippen LogP) is 1.71. The van der Waals surface area contributed by atoms with E-state index < -0.39 is 0 Å². The molecule has 0 saturated heterocycles. The van der Waals surface area contributed by atoms with E-state index in [1.807, 2.05) is 6.08 Å². The van der Waals surface area contributed by atoms with Gasteiger partial charge in [0.1, 0.15) is 6.26 Å².